The van der Waals surface area contributed by atoms with Gasteiger partial charge in [0.05, 0.1) is 6.04 Å². The second kappa shape index (κ2) is 8.55. The summed E-state index contributed by atoms with van der Waals surface area (Å²) in [7, 11) is 0. The molecule has 0 aliphatic carbocycles. The molecular weight excluding hydrogens is 344 g/mol. The lowest BCUT2D eigenvalue weighted by atomic mass is 10.1. The fourth-order valence-electron chi connectivity index (χ4n) is 3.08. The first-order chi connectivity index (χ1) is 11.6. The van der Waals surface area contributed by atoms with Gasteiger partial charge in [-0.25, -0.2) is 5.48 Å². The fraction of sp³-hybridized carbons (Fsp3) is 0.529. The maximum atomic E-state index is 12.8. The Kier molecular flexibility index (Phi) is 6.69. The van der Waals surface area contributed by atoms with Crippen molar-refractivity contribution in [1.82, 2.24) is 10.4 Å². The molecular formula is C17H24N2O5S. The first kappa shape index (κ1) is 19.6. The van der Waals surface area contributed by atoms with Crippen LogP contribution in [-0.2, 0) is 16.1 Å². The van der Waals surface area contributed by atoms with Crippen LogP contribution >= 0.6 is 13.5 Å². The van der Waals surface area contributed by atoms with E-state index in [2.05, 4.69) is 0 Å². The predicted molar refractivity (Wildman–Crippen MR) is 95.2 cm³/mol. The van der Waals surface area contributed by atoms with Crippen LogP contribution in [0.4, 0.5) is 0 Å². The Morgan fingerprint density at radius 3 is 2.80 bits per heavy atom. The molecule has 25 heavy (non-hydrogen) atoms. The highest BCUT2D eigenvalue weighted by molar-refractivity contribution is 7.59. The number of carbonyl (C=O) groups is 2. The standard InChI is InChI=1S/C17H22N2O5.H2S/c1-11-10-24-15-8-12(16(20)18-22)5-6-13(15)9-19(11)17(21)14-4-2-3-7-23-14;/h5-6,8,11,14,22H,2-4,7,9-10H2,1H3,(H,18,20);1H2/t11-,14?;/m0./s1. The monoisotopic (exact) mass is 368 g/mol. The molecule has 2 amide bonds. The van der Waals surface area contributed by atoms with E-state index in [1.807, 2.05) is 6.92 Å². The number of nitrogens with zero attached hydrogens (tertiary/aromatic N) is 1. The second-order valence-electron chi connectivity index (χ2n) is 6.24. The van der Waals surface area contributed by atoms with Gasteiger partial charge in [0.15, 0.2) is 0 Å². The molecule has 0 spiro atoms. The molecule has 1 saturated heterocycles. The summed E-state index contributed by atoms with van der Waals surface area (Å²) in [5, 5.41) is 8.74. The van der Waals surface area contributed by atoms with E-state index in [1.165, 1.54) is 0 Å². The minimum atomic E-state index is -0.595. The highest BCUT2D eigenvalue weighted by atomic mass is 32.1. The van der Waals surface area contributed by atoms with Gasteiger partial charge in [-0.2, -0.15) is 13.5 Å². The van der Waals surface area contributed by atoms with E-state index in [9.17, 15) is 9.59 Å². The molecule has 2 aliphatic heterocycles. The van der Waals surface area contributed by atoms with E-state index >= 15 is 0 Å². The highest BCUT2D eigenvalue weighted by Crippen LogP contribution is 2.28. The summed E-state index contributed by atoms with van der Waals surface area (Å²) in [4.78, 5) is 26.1. The molecule has 3 rings (SSSR count). The lowest BCUT2D eigenvalue weighted by molar-refractivity contribution is -0.149. The molecule has 8 heteroatoms. The third-order valence-corrected chi connectivity index (χ3v) is 4.52. The summed E-state index contributed by atoms with van der Waals surface area (Å²) in [6, 6.07) is 4.84. The summed E-state index contributed by atoms with van der Waals surface area (Å²) in [6.07, 6.45) is 2.39. The third kappa shape index (κ3) is 4.26. The minimum absolute atomic E-state index is 0. The number of fused-ring (bicyclic) bond motifs is 1. The fourth-order valence-corrected chi connectivity index (χ4v) is 3.08. The summed E-state index contributed by atoms with van der Waals surface area (Å²) in [5.41, 5.74) is 2.74. The summed E-state index contributed by atoms with van der Waals surface area (Å²) < 4.78 is 11.4. The molecule has 2 heterocycles. The number of ether oxygens (including phenoxy) is 2. The zero-order chi connectivity index (χ0) is 17.1. The molecule has 1 aromatic rings. The number of benzene rings is 1. The molecule has 138 valence electrons. The first-order valence-electron chi connectivity index (χ1n) is 8.22. The summed E-state index contributed by atoms with van der Waals surface area (Å²) in [5.74, 6) is -0.0409. The highest BCUT2D eigenvalue weighted by Gasteiger charge is 2.32. The summed E-state index contributed by atoms with van der Waals surface area (Å²) in [6.45, 7) is 3.32. The van der Waals surface area contributed by atoms with Crippen molar-refractivity contribution in [3.05, 3.63) is 29.3 Å². The number of rotatable bonds is 2. The van der Waals surface area contributed by atoms with Crippen molar-refractivity contribution in [2.75, 3.05) is 13.2 Å². The quantitative estimate of drug-likeness (QED) is 0.611. The van der Waals surface area contributed by atoms with Gasteiger partial charge in [-0.1, -0.05) is 6.07 Å². The van der Waals surface area contributed by atoms with Gasteiger partial charge < -0.3 is 14.4 Å². The lowest BCUT2D eigenvalue weighted by Gasteiger charge is -2.31. The van der Waals surface area contributed by atoms with E-state index in [1.54, 1.807) is 28.6 Å². The number of hydroxylamine groups is 1. The van der Waals surface area contributed by atoms with Crippen molar-refractivity contribution in [2.24, 2.45) is 0 Å². The van der Waals surface area contributed by atoms with Crippen LogP contribution in [0.25, 0.3) is 0 Å². The van der Waals surface area contributed by atoms with E-state index in [0.717, 1.165) is 24.8 Å². The molecule has 7 nitrogen and oxygen atoms in total. The Morgan fingerprint density at radius 2 is 2.12 bits per heavy atom. The largest absolute Gasteiger partial charge is 0.491 e. The predicted octanol–water partition coefficient (Wildman–Crippen LogP) is 1.60. The molecule has 1 unspecified atom stereocenters. The maximum Gasteiger partial charge on any atom is 0.274 e. The van der Waals surface area contributed by atoms with Crippen LogP contribution in [0, 0.1) is 0 Å². The molecule has 1 aromatic carbocycles. The van der Waals surface area contributed by atoms with Gasteiger partial charge in [0, 0.05) is 24.3 Å². The smallest absolute Gasteiger partial charge is 0.274 e. The number of hydrogen-bond acceptors (Lipinski definition) is 5. The molecule has 0 aromatic heterocycles. The van der Waals surface area contributed by atoms with Crippen molar-refractivity contribution in [3.63, 3.8) is 0 Å². The van der Waals surface area contributed by atoms with E-state index in [-0.39, 0.29) is 31.5 Å². The minimum Gasteiger partial charge on any atom is -0.491 e. The van der Waals surface area contributed by atoms with Gasteiger partial charge in [-0.3, -0.25) is 14.8 Å². The average molecular weight is 368 g/mol. The molecule has 1 fully saturated rings. The normalized spacial score (nSPS) is 22.7. The maximum absolute atomic E-state index is 12.8. The van der Waals surface area contributed by atoms with Crippen LogP contribution in [0.3, 0.4) is 0 Å². The van der Waals surface area contributed by atoms with E-state index in [4.69, 9.17) is 14.7 Å². The van der Waals surface area contributed by atoms with Gasteiger partial charge in [-0.05, 0) is 38.3 Å². The van der Waals surface area contributed by atoms with Gasteiger partial charge in [0.1, 0.15) is 18.5 Å². The van der Waals surface area contributed by atoms with Gasteiger partial charge in [0.25, 0.3) is 11.8 Å². The zero-order valence-corrected chi connectivity index (χ0v) is 15.2. The van der Waals surface area contributed by atoms with Crippen LogP contribution in [0.2, 0.25) is 0 Å². The van der Waals surface area contributed by atoms with Gasteiger partial charge >= 0.3 is 0 Å². The Hall–Kier alpha value is -1.77. The van der Waals surface area contributed by atoms with Crippen molar-refractivity contribution in [1.29, 1.82) is 0 Å². The van der Waals surface area contributed by atoms with Gasteiger partial charge in [0.2, 0.25) is 0 Å². The van der Waals surface area contributed by atoms with Crippen LogP contribution in [-0.4, -0.2) is 47.3 Å². The molecule has 2 aliphatic rings. The average Bonchev–Trinajstić information content (AvgIpc) is 2.80. The van der Waals surface area contributed by atoms with Gasteiger partial charge in [-0.15, -0.1) is 0 Å². The Labute approximate surface area is 153 Å². The van der Waals surface area contributed by atoms with Crippen LogP contribution in [0.15, 0.2) is 18.2 Å². The van der Waals surface area contributed by atoms with Crippen LogP contribution in [0.1, 0.15) is 42.1 Å². The Morgan fingerprint density at radius 1 is 1.32 bits per heavy atom. The third-order valence-electron chi connectivity index (χ3n) is 4.52. The molecule has 0 radical (unpaired) electrons. The zero-order valence-electron chi connectivity index (χ0n) is 14.2. The van der Waals surface area contributed by atoms with Crippen molar-refractivity contribution in [2.45, 2.75) is 44.9 Å². The van der Waals surface area contributed by atoms with Crippen LogP contribution < -0.4 is 10.2 Å². The number of amides is 2. The molecule has 0 saturated carbocycles. The van der Waals surface area contributed by atoms with Crippen molar-refractivity contribution >= 4 is 25.3 Å². The SMILES string of the molecule is C[C@H]1COc2cc(C(=O)NO)ccc2CN1C(=O)C1CCCCO1.S. The number of carbonyl (C=O) groups excluding carboxylic acids is 2. The van der Waals surface area contributed by atoms with Crippen molar-refractivity contribution in [3.8, 4) is 5.75 Å². The molecule has 2 atom stereocenters. The number of nitrogens with one attached hydrogen (secondary N) is 1. The first-order valence-corrected chi connectivity index (χ1v) is 8.22. The van der Waals surface area contributed by atoms with E-state index in [0.29, 0.717) is 31.1 Å². The van der Waals surface area contributed by atoms with Crippen LogP contribution in [0.5, 0.6) is 5.75 Å². The number of hydrogen-bond donors (Lipinski definition) is 2. The topological polar surface area (TPSA) is 88.1 Å². The van der Waals surface area contributed by atoms with E-state index < -0.39 is 5.91 Å². The second-order valence-corrected chi connectivity index (χ2v) is 6.24. The molecule has 2 N–H and O–H groups in total. The summed E-state index contributed by atoms with van der Waals surface area (Å²) >= 11 is 0. The van der Waals surface area contributed by atoms with Crippen molar-refractivity contribution < 1.29 is 24.3 Å². The Balaban J connectivity index is 0.00000225. The Bertz CT molecular complexity index is 633. The lowest BCUT2D eigenvalue weighted by Crippen LogP contribution is -2.46. The molecule has 0 bridgehead atoms.